The number of halogens is 1. The van der Waals surface area contributed by atoms with Crippen molar-refractivity contribution < 1.29 is 28.2 Å². The highest BCUT2D eigenvalue weighted by molar-refractivity contribution is 5.77. The summed E-state index contributed by atoms with van der Waals surface area (Å²) in [5, 5.41) is 5.98. The molecular formula is C18H27FN2O5. The number of aldehydes is 1. The maximum absolute atomic E-state index is 13.0. The quantitative estimate of drug-likeness (QED) is 0.792. The molecule has 7 nitrogen and oxygen atoms in total. The van der Waals surface area contributed by atoms with E-state index in [1.807, 2.05) is 20.8 Å². The second-order valence-electron chi connectivity index (χ2n) is 6.68. The van der Waals surface area contributed by atoms with Gasteiger partial charge in [0.2, 0.25) is 0 Å². The molecule has 1 amide bonds. The molecule has 0 aromatic heterocycles. The fourth-order valence-corrected chi connectivity index (χ4v) is 2.21. The van der Waals surface area contributed by atoms with Gasteiger partial charge in [-0.1, -0.05) is 0 Å². The topological polar surface area (TPSA) is 85.9 Å². The molecule has 8 heteroatoms. The molecule has 1 heterocycles. The zero-order chi connectivity index (χ0) is 19.7. The predicted molar refractivity (Wildman–Crippen MR) is 95.5 cm³/mol. The Morgan fingerprint density at radius 1 is 1.27 bits per heavy atom. The molecule has 0 unspecified atom stereocenters. The average Bonchev–Trinajstić information content (AvgIpc) is 3.06. The maximum atomic E-state index is 13.0. The molecule has 2 rings (SSSR count). The van der Waals surface area contributed by atoms with Crippen LogP contribution in [0.4, 0.5) is 9.18 Å². The van der Waals surface area contributed by atoms with Crippen LogP contribution >= 0.6 is 0 Å². The molecule has 1 atom stereocenters. The van der Waals surface area contributed by atoms with Crippen LogP contribution in [0.15, 0.2) is 12.1 Å². The van der Waals surface area contributed by atoms with Gasteiger partial charge in [-0.25, -0.2) is 9.18 Å². The molecule has 0 spiro atoms. The highest BCUT2D eigenvalue weighted by Crippen LogP contribution is 2.28. The molecule has 0 saturated carbocycles. The molecule has 2 N–H and O–H groups in total. The van der Waals surface area contributed by atoms with E-state index < -0.39 is 11.4 Å². The highest BCUT2D eigenvalue weighted by atomic mass is 19.1. The molecule has 26 heavy (non-hydrogen) atoms. The van der Waals surface area contributed by atoms with Gasteiger partial charge in [-0.15, -0.1) is 0 Å². The molecule has 1 saturated heterocycles. The zero-order valence-electron chi connectivity index (χ0n) is 15.8. The molecule has 0 radical (unpaired) electrons. The van der Waals surface area contributed by atoms with Gasteiger partial charge < -0.3 is 24.8 Å². The van der Waals surface area contributed by atoms with Crippen LogP contribution in [0.2, 0.25) is 0 Å². The van der Waals surface area contributed by atoms with Crippen molar-refractivity contribution in [3.8, 4) is 11.5 Å². The van der Waals surface area contributed by atoms with E-state index in [1.54, 1.807) is 0 Å². The SMILES string of the molecule is CC(C)(C)OC(=O)N[C@@H]1CCNC1.COc1cc(F)c(C=O)cc1OC. The standard InChI is InChI=1S/C9H9FO3.C9H18N2O2/c1-12-8-3-6(5-11)7(10)4-9(8)13-2;1-9(2,3)13-8(12)11-7-4-5-10-6-7/h3-5H,1-2H3;7,10H,4-6H2,1-3H3,(H,11,12)/t;7-/m.1/s1. The minimum atomic E-state index is -0.618. The Hall–Kier alpha value is -2.35. The van der Waals surface area contributed by atoms with Crippen LogP contribution in [-0.2, 0) is 4.74 Å². The van der Waals surface area contributed by atoms with Crippen LogP contribution in [0.25, 0.3) is 0 Å². The lowest BCUT2D eigenvalue weighted by Gasteiger charge is -2.21. The lowest BCUT2D eigenvalue weighted by atomic mass is 10.2. The fourth-order valence-electron chi connectivity index (χ4n) is 2.21. The first-order chi connectivity index (χ1) is 12.2. The number of hydrogen-bond acceptors (Lipinski definition) is 6. The first kappa shape index (κ1) is 21.7. The zero-order valence-corrected chi connectivity index (χ0v) is 15.8. The van der Waals surface area contributed by atoms with E-state index in [1.165, 1.54) is 20.3 Å². The van der Waals surface area contributed by atoms with Crippen LogP contribution in [0.1, 0.15) is 37.6 Å². The lowest BCUT2D eigenvalue weighted by Crippen LogP contribution is -2.40. The second kappa shape index (κ2) is 9.96. The number of nitrogens with one attached hydrogen (secondary N) is 2. The van der Waals surface area contributed by atoms with Gasteiger partial charge in [-0.05, 0) is 39.8 Å². The lowest BCUT2D eigenvalue weighted by molar-refractivity contribution is 0.0508. The Bertz CT molecular complexity index is 610. The first-order valence-electron chi connectivity index (χ1n) is 8.27. The van der Waals surface area contributed by atoms with Crippen LogP contribution in [0.5, 0.6) is 11.5 Å². The number of methoxy groups -OCH3 is 2. The van der Waals surface area contributed by atoms with E-state index in [0.29, 0.717) is 12.0 Å². The minimum absolute atomic E-state index is 0.0438. The molecular weight excluding hydrogens is 343 g/mol. The molecule has 0 aliphatic carbocycles. The molecule has 1 aromatic carbocycles. The number of carbonyl (C=O) groups excluding carboxylic acids is 2. The second-order valence-corrected chi connectivity index (χ2v) is 6.68. The van der Waals surface area contributed by atoms with Crippen molar-refractivity contribution in [3.63, 3.8) is 0 Å². The number of rotatable bonds is 4. The number of benzene rings is 1. The molecule has 1 aromatic rings. The fraction of sp³-hybridized carbons (Fsp3) is 0.556. The smallest absolute Gasteiger partial charge is 0.407 e. The van der Waals surface area contributed by atoms with Gasteiger partial charge in [0.25, 0.3) is 0 Å². The first-order valence-corrected chi connectivity index (χ1v) is 8.27. The summed E-state index contributed by atoms with van der Waals surface area (Å²) in [5.41, 5.74) is -0.450. The summed E-state index contributed by atoms with van der Waals surface area (Å²) in [6, 6.07) is 2.64. The Morgan fingerprint density at radius 3 is 2.35 bits per heavy atom. The summed E-state index contributed by atoms with van der Waals surface area (Å²) in [6.45, 7) is 7.40. The molecule has 0 bridgehead atoms. The number of alkyl carbamates (subject to hydrolysis) is 1. The van der Waals surface area contributed by atoms with Gasteiger partial charge in [0.1, 0.15) is 11.4 Å². The van der Waals surface area contributed by atoms with Crippen molar-refractivity contribution in [2.24, 2.45) is 0 Å². The van der Waals surface area contributed by atoms with E-state index in [9.17, 15) is 14.0 Å². The van der Waals surface area contributed by atoms with E-state index in [0.717, 1.165) is 25.6 Å². The van der Waals surface area contributed by atoms with Gasteiger partial charge in [-0.2, -0.15) is 0 Å². The number of carbonyl (C=O) groups is 2. The van der Waals surface area contributed by atoms with Gasteiger partial charge in [0.15, 0.2) is 17.8 Å². The Kier molecular flexibility index (Phi) is 8.31. The van der Waals surface area contributed by atoms with Gasteiger partial charge >= 0.3 is 6.09 Å². The van der Waals surface area contributed by atoms with Crippen LogP contribution in [0.3, 0.4) is 0 Å². The minimum Gasteiger partial charge on any atom is -0.493 e. The summed E-state index contributed by atoms with van der Waals surface area (Å²) >= 11 is 0. The third kappa shape index (κ3) is 7.26. The van der Waals surface area contributed by atoms with Crippen LogP contribution < -0.4 is 20.1 Å². The van der Waals surface area contributed by atoms with Crippen LogP contribution in [0, 0.1) is 5.82 Å². The van der Waals surface area contributed by atoms with Crippen molar-refractivity contribution in [1.82, 2.24) is 10.6 Å². The van der Waals surface area contributed by atoms with Crippen molar-refractivity contribution in [3.05, 3.63) is 23.5 Å². The predicted octanol–water partition coefficient (Wildman–Crippen LogP) is 2.53. The Morgan fingerprint density at radius 2 is 1.88 bits per heavy atom. The third-order valence-corrected chi connectivity index (χ3v) is 3.41. The van der Waals surface area contributed by atoms with Crippen LogP contribution in [-0.4, -0.2) is 51.3 Å². The maximum Gasteiger partial charge on any atom is 0.407 e. The largest absolute Gasteiger partial charge is 0.493 e. The van der Waals surface area contributed by atoms with Crippen molar-refractivity contribution >= 4 is 12.4 Å². The van der Waals surface area contributed by atoms with Gasteiger partial charge in [-0.3, -0.25) is 4.79 Å². The molecule has 1 aliphatic heterocycles. The molecule has 146 valence electrons. The third-order valence-electron chi connectivity index (χ3n) is 3.41. The number of hydrogen-bond donors (Lipinski definition) is 2. The molecule has 1 fully saturated rings. The van der Waals surface area contributed by atoms with Gasteiger partial charge in [0.05, 0.1) is 19.8 Å². The number of ether oxygens (including phenoxy) is 3. The van der Waals surface area contributed by atoms with E-state index in [2.05, 4.69) is 10.6 Å². The highest BCUT2D eigenvalue weighted by Gasteiger charge is 2.21. The normalized spacial score (nSPS) is 16.2. The molecule has 1 aliphatic rings. The monoisotopic (exact) mass is 370 g/mol. The van der Waals surface area contributed by atoms with Crippen molar-refractivity contribution in [2.45, 2.75) is 38.8 Å². The average molecular weight is 370 g/mol. The van der Waals surface area contributed by atoms with Crippen molar-refractivity contribution in [1.29, 1.82) is 0 Å². The van der Waals surface area contributed by atoms with E-state index in [-0.39, 0.29) is 23.4 Å². The summed E-state index contributed by atoms with van der Waals surface area (Å²) in [7, 11) is 2.82. The Balaban J connectivity index is 0.000000260. The van der Waals surface area contributed by atoms with Crippen molar-refractivity contribution in [2.75, 3.05) is 27.3 Å². The van der Waals surface area contributed by atoms with Gasteiger partial charge in [0, 0.05) is 18.7 Å². The summed E-state index contributed by atoms with van der Waals surface area (Å²) < 4.78 is 27.8. The summed E-state index contributed by atoms with van der Waals surface area (Å²) in [5.74, 6) is -0.00995. The summed E-state index contributed by atoms with van der Waals surface area (Å²) in [4.78, 5) is 21.6. The van der Waals surface area contributed by atoms with E-state index in [4.69, 9.17) is 14.2 Å². The Labute approximate surface area is 153 Å². The van der Waals surface area contributed by atoms with E-state index >= 15 is 0 Å². The number of amides is 1. The summed E-state index contributed by atoms with van der Waals surface area (Å²) in [6.07, 6.45) is 1.09.